The molecule has 26 heavy (non-hydrogen) atoms. The van der Waals surface area contributed by atoms with Gasteiger partial charge in [-0.1, -0.05) is 97.8 Å². The van der Waals surface area contributed by atoms with Crippen molar-refractivity contribution in [2.75, 3.05) is 13.1 Å². The van der Waals surface area contributed by atoms with E-state index in [4.69, 9.17) is 0 Å². The van der Waals surface area contributed by atoms with Gasteiger partial charge in [-0.3, -0.25) is 0 Å². The maximum absolute atomic E-state index is 2.65. The molecule has 1 heterocycles. The standard InChI is InChI=1S/C24H48N2/c1-4-7-10-12-13-14-16-19-24-25(20-17-9-6-3)22-23-26(24)21-18-15-11-8-5-2/h22-24H,4-21H2,1-3H3. The minimum absolute atomic E-state index is 0.647. The highest BCUT2D eigenvalue weighted by molar-refractivity contribution is 4.96. The minimum atomic E-state index is 0.647. The van der Waals surface area contributed by atoms with E-state index in [1.807, 2.05) is 0 Å². The molecule has 0 saturated carbocycles. The molecule has 0 fully saturated rings. The van der Waals surface area contributed by atoms with E-state index in [0.717, 1.165) is 0 Å². The van der Waals surface area contributed by atoms with Gasteiger partial charge in [0.15, 0.2) is 0 Å². The summed E-state index contributed by atoms with van der Waals surface area (Å²) >= 11 is 0. The molecule has 0 spiro atoms. The summed E-state index contributed by atoms with van der Waals surface area (Å²) in [5.41, 5.74) is 0. The zero-order valence-electron chi connectivity index (χ0n) is 18.4. The van der Waals surface area contributed by atoms with Crippen molar-refractivity contribution in [1.29, 1.82) is 0 Å². The van der Waals surface area contributed by atoms with Crippen LogP contribution in [0.3, 0.4) is 0 Å². The van der Waals surface area contributed by atoms with Crippen molar-refractivity contribution in [1.82, 2.24) is 9.80 Å². The van der Waals surface area contributed by atoms with Crippen LogP contribution in [0, 0.1) is 0 Å². The van der Waals surface area contributed by atoms with Crippen molar-refractivity contribution in [3.05, 3.63) is 12.4 Å². The average Bonchev–Trinajstić information content (AvgIpc) is 3.03. The fourth-order valence-corrected chi connectivity index (χ4v) is 4.07. The van der Waals surface area contributed by atoms with Gasteiger partial charge >= 0.3 is 0 Å². The summed E-state index contributed by atoms with van der Waals surface area (Å²) in [4.78, 5) is 5.29. The largest absolute Gasteiger partial charge is 0.356 e. The Kier molecular flexibility index (Phi) is 14.8. The van der Waals surface area contributed by atoms with Gasteiger partial charge in [0.05, 0.1) is 0 Å². The molecular formula is C24H48N2. The number of hydrogen-bond acceptors (Lipinski definition) is 2. The lowest BCUT2D eigenvalue weighted by Crippen LogP contribution is -2.39. The van der Waals surface area contributed by atoms with Crippen LogP contribution in [-0.2, 0) is 0 Å². The van der Waals surface area contributed by atoms with Gasteiger partial charge in [0.2, 0.25) is 0 Å². The number of nitrogens with zero attached hydrogens (tertiary/aromatic N) is 2. The number of rotatable bonds is 18. The van der Waals surface area contributed by atoms with Crippen LogP contribution >= 0.6 is 0 Å². The Morgan fingerprint density at radius 3 is 1.42 bits per heavy atom. The number of unbranched alkanes of at least 4 members (excludes halogenated alkanes) is 12. The van der Waals surface area contributed by atoms with E-state index in [2.05, 4.69) is 43.0 Å². The average molecular weight is 365 g/mol. The smallest absolute Gasteiger partial charge is 0.101 e. The summed E-state index contributed by atoms with van der Waals surface area (Å²) in [5, 5.41) is 0. The first-order valence-corrected chi connectivity index (χ1v) is 12.0. The molecular weight excluding hydrogens is 316 g/mol. The predicted octanol–water partition coefficient (Wildman–Crippen LogP) is 7.70. The van der Waals surface area contributed by atoms with Crippen LogP contribution in [0.5, 0.6) is 0 Å². The summed E-state index contributed by atoms with van der Waals surface area (Å²) in [6, 6.07) is 0. The topological polar surface area (TPSA) is 6.48 Å². The van der Waals surface area contributed by atoms with E-state index in [1.54, 1.807) is 0 Å². The molecule has 0 N–H and O–H groups in total. The van der Waals surface area contributed by atoms with Gasteiger partial charge in [-0.15, -0.1) is 0 Å². The number of hydrogen-bond donors (Lipinski definition) is 0. The van der Waals surface area contributed by atoms with E-state index in [0.29, 0.717) is 6.17 Å². The summed E-state index contributed by atoms with van der Waals surface area (Å²) in [5.74, 6) is 0. The molecule has 1 aliphatic heterocycles. The molecule has 0 bridgehead atoms. The van der Waals surface area contributed by atoms with Crippen molar-refractivity contribution >= 4 is 0 Å². The third kappa shape index (κ3) is 10.5. The van der Waals surface area contributed by atoms with E-state index in [9.17, 15) is 0 Å². The molecule has 2 heteroatoms. The SMILES string of the molecule is CCCCCCCCCC1N(CCCCC)C=CN1CCCCCCC. The van der Waals surface area contributed by atoms with Gasteiger partial charge in [-0.25, -0.2) is 0 Å². The first kappa shape index (κ1) is 23.4. The molecule has 1 unspecified atom stereocenters. The van der Waals surface area contributed by atoms with Crippen molar-refractivity contribution < 1.29 is 0 Å². The highest BCUT2D eigenvalue weighted by atomic mass is 15.4. The second-order valence-electron chi connectivity index (χ2n) is 8.29. The monoisotopic (exact) mass is 364 g/mol. The molecule has 0 amide bonds. The van der Waals surface area contributed by atoms with Gasteiger partial charge in [-0.2, -0.15) is 0 Å². The molecule has 0 saturated heterocycles. The lowest BCUT2D eigenvalue weighted by atomic mass is 10.1. The lowest BCUT2D eigenvalue weighted by Gasteiger charge is -2.33. The third-order valence-corrected chi connectivity index (χ3v) is 5.82. The zero-order chi connectivity index (χ0) is 18.9. The third-order valence-electron chi connectivity index (χ3n) is 5.82. The van der Waals surface area contributed by atoms with E-state index in [-0.39, 0.29) is 0 Å². The first-order valence-electron chi connectivity index (χ1n) is 12.0. The minimum Gasteiger partial charge on any atom is -0.356 e. The highest BCUT2D eigenvalue weighted by Crippen LogP contribution is 2.23. The Bertz CT molecular complexity index is 326. The normalized spacial score (nSPS) is 16.8. The molecule has 2 nitrogen and oxygen atoms in total. The summed E-state index contributed by atoms with van der Waals surface area (Å²) in [6.45, 7) is 9.41. The Labute approximate surface area is 165 Å². The molecule has 0 aromatic heterocycles. The van der Waals surface area contributed by atoms with Crippen LogP contribution in [0.4, 0.5) is 0 Å². The van der Waals surface area contributed by atoms with Gasteiger partial charge in [0, 0.05) is 25.5 Å². The van der Waals surface area contributed by atoms with E-state index >= 15 is 0 Å². The van der Waals surface area contributed by atoms with Crippen LogP contribution in [-0.4, -0.2) is 29.1 Å². The van der Waals surface area contributed by atoms with Gasteiger partial charge in [0.25, 0.3) is 0 Å². The zero-order valence-corrected chi connectivity index (χ0v) is 18.4. The van der Waals surface area contributed by atoms with Crippen LogP contribution in [0.1, 0.15) is 124 Å². The Morgan fingerprint density at radius 2 is 0.885 bits per heavy atom. The summed E-state index contributed by atoms with van der Waals surface area (Å²) in [7, 11) is 0. The second-order valence-corrected chi connectivity index (χ2v) is 8.29. The summed E-state index contributed by atoms with van der Waals surface area (Å²) < 4.78 is 0. The van der Waals surface area contributed by atoms with Crippen LogP contribution in [0.15, 0.2) is 12.4 Å². The quantitative estimate of drug-likeness (QED) is 0.230. The first-order chi connectivity index (χ1) is 12.8. The van der Waals surface area contributed by atoms with E-state index in [1.165, 1.54) is 116 Å². The molecule has 1 rings (SSSR count). The molecule has 154 valence electrons. The van der Waals surface area contributed by atoms with Crippen LogP contribution in [0.25, 0.3) is 0 Å². The van der Waals surface area contributed by atoms with Crippen molar-refractivity contribution in [2.45, 2.75) is 130 Å². The predicted molar refractivity (Wildman–Crippen MR) is 117 cm³/mol. The Hall–Kier alpha value is -0.660. The molecule has 0 aliphatic carbocycles. The molecule has 1 atom stereocenters. The molecule has 0 aromatic carbocycles. The summed E-state index contributed by atoms with van der Waals surface area (Å²) in [6.07, 6.45) is 27.6. The maximum Gasteiger partial charge on any atom is 0.101 e. The fraction of sp³-hybridized carbons (Fsp3) is 0.917. The molecule has 0 aromatic rings. The molecule has 1 aliphatic rings. The van der Waals surface area contributed by atoms with Crippen molar-refractivity contribution in [2.24, 2.45) is 0 Å². The van der Waals surface area contributed by atoms with E-state index < -0.39 is 0 Å². The Balaban J connectivity index is 2.30. The molecule has 0 radical (unpaired) electrons. The lowest BCUT2D eigenvalue weighted by molar-refractivity contribution is 0.135. The highest BCUT2D eigenvalue weighted by Gasteiger charge is 2.24. The Morgan fingerprint density at radius 1 is 0.500 bits per heavy atom. The second kappa shape index (κ2) is 16.5. The van der Waals surface area contributed by atoms with Crippen molar-refractivity contribution in [3.8, 4) is 0 Å². The van der Waals surface area contributed by atoms with Gasteiger partial charge < -0.3 is 9.80 Å². The maximum atomic E-state index is 2.65. The van der Waals surface area contributed by atoms with Crippen LogP contribution in [0.2, 0.25) is 0 Å². The fourth-order valence-electron chi connectivity index (χ4n) is 4.07. The van der Waals surface area contributed by atoms with Crippen molar-refractivity contribution in [3.63, 3.8) is 0 Å². The van der Waals surface area contributed by atoms with Gasteiger partial charge in [-0.05, 0) is 25.7 Å². The van der Waals surface area contributed by atoms with Crippen LogP contribution < -0.4 is 0 Å². The van der Waals surface area contributed by atoms with Gasteiger partial charge in [0.1, 0.15) is 6.17 Å².